The highest BCUT2D eigenvalue weighted by Gasteiger charge is 2.12. The van der Waals surface area contributed by atoms with Crippen molar-refractivity contribution in [3.05, 3.63) is 29.8 Å². The molecule has 92 valence electrons. The van der Waals surface area contributed by atoms with Crippen molar-refractivity contribution >= 4 is 12.0 Å². The smallest absolute Gasteiger partial charge is 0.405 e. The van der Waals surface area contributed by atoms with Crippen molar-refractivity contribution in [2.75, 3.05) is 6.54 Å². The summed E-state index contributed by atoms with van der Waals surface area (Å²) in [7, 11) is 0. The fraction of sp³-hybridized carbons (Fsp3) is 0.273. The third-order valence-electron chi connectivity index (χ3n) is 2.18. The summed E-state index contributed by atoms with van der Waals surface area (Å²) in [5.74, 6) is -0.366. The van der Waals surface area contributed by atoms with E-state index >= 15 is 0 Å². The van der Waals surface area contributed by atoms with Crippen molar-refractivity contribution in [1.82, 2.24) is 10.6 Å². The van der Waals surface area contributed by atoms with Crippen LogP contribution in [0.2, 0.25) is 0 Å². The van der Waals surface area contributed by atoms with Crippen LogP contribution in [0.15, 0.2) is 24.3 Å². The zero-order chi connectivity index (χ0) is 12.8. The van der Waals surface area contributed by atoms with Crippen molar-refractivity contribution < 1.29 is 19.8 Å². The van der Waals surface area contributed by atoms with E-state index in [1.165, 1.54) is 6.07 Å². The monoisotopic (exact) mass is 238 g/mol. The van der Waals surface area contributed by atoms with Crippen molar-refractivity contribution in [3.8, 4) is 5.75 Å². The van der Waals surface area contributed by atoms with Gasteiger partial charge in [-0.15, -0.1) is 0 Å². The average Bonchev–Trinajstić information content (AvgIpc) is 2.26. The maximum absolute atomic E-state index is 11.3. The summed E-state index contributed by atoms with van der Waals surface area (Å²) in [5.41, 5.74) is 0.580. The second-order valence-corrected chi connectivity index (χ2v) is 3.51. The second-order valence-electron chi connectivity index (χ2n) is 3.51. The normalized spacial score (nSPS) is 11.6. The van der Waals surface area contributed by atoms with Crippen molar-refractivity contribution in [2.24, 2.45) is 0 Å². The Morgan fingerprint density at radius 3 is 2.59 bits per heavy atom. The van der Waals surface area contributed by atoms with Crippen LogP contribution in [0.3, 0.4) is 0 Å². The SMILES string of the molecule is C[C@@H](NC(=O)CNC(=O)O)c1ccccc1O. The van der Waals surface area contributed by atoms with Gasteiger partial charge in [0.25, 0.3) is 0 Å². The predicted octanol–water partition coefficient (Wildman–Crippen LogP) is 0.837. The van der Waals surface area contributed by atoms with Gasteiger partial charge < -0.3 is 20.8 Å². The van der Waals surface area contributed by atoms with Gasteiger partial charge in [0, 0.05) is 5.56 Å². The van der Waals surface area contributed by atoms with Gasteiger partial charge >= 0.3 is 6.09 Å². The van der Waals surface area contributed by atoms with Gasteiger partial charge in [0.2, 0.25) is 5.91 Å². The van der Waals surface area contributed by atoms with Gasteiger partial charge in [-0.05, 0) is 13.0 Å². The molecule has 0 radical (unpaired) electrons. The maximum atomic E-state index is 11.3. The Labute approximate surface area is 98.3 Å². The van der Waals surface area contributed by atoms with Gasteiger partial charge in [-0.25, -0.2) is 4.79 Å². The first-order valence-corrected chi connectivity index (χ1v) is 5.04. The number of aromatic hydroxyl groups is 1. The first kappa shape index (κ1) is 12.8. The van der Waals surface area contributed by atoms with E-state index in [1.807, 2.05) is 5.32 Å². The number of hydrogen-bond acceptors (Lipinski definition) is 3. The molecule has 0 unspecified atom stereocenters. The van der Waals surface area contributed by atoms with Crippen LogP contribution in [0.25, 0.3) is 0 Å². The molecule has 2 amide bonds. The molecule has 0 heterocycles. The molecular formula is C11H14N2O4. The van der Waals surface area contributed by atoms with Crippen LogP contribution in [-0.4, -0.2) is 28.8 Å². The number of para-hydroxylation sites is 1. The molecule has 0 saturated heterocycles. The molecule has 1 atom stereocenters. The van der Waals surface area contributed by atoms with Crippen LogP contribution in [0, 0.1) is 0 Å². The molecule has 1 aromatic rings. The summed E-state index contributed by atoms with van der Waals surface area (Å²) in [6.45, 7) is 1.39. The standard InChI is InChI=1S/C11H14N2O4/c1-7(8-4-2-3-5-9(8)14)13-10(15)6-12-11(16)17/h2-5,7,12,14H,6H2,1H3,(H,13,15)(H,16,17)/t7-/m1/s1. The molecule has 0 saturated carbocycles. The van der Waals surface area contributed by atoms with Gasteiger partial charge in [-0.2, -0.15) is 0 Å². The zero-order valence-electron chi connectivity index (χ0n) is 9.30. The molecule has 0 spiro atoms. The molecule has 0 aliphatic carbocycles. The molecule has 0 aliphatic heterocycles. The predicted molar refractivity (Wildman–Crippen MR) is 60.7 cm³/mol. The van der Waals surface area contributed by atoms with Crippen LogP contribution in [0.5, 0.6) is 5.75 Å². The van der Waals surface area contributed by atoms with Crippen molar-refractivity contribution in [2.45, 2.75) is 13.0 Å². The number of nitrogens with one attached hydrogen (secondary N) is 2. The highest BCUT2D eigenvalue weighted by molar-refractivity contribution is 5.82. The van der Waals surface area contributed by atoms with E-state index in [0.29, 0.717) is 5.56 Å². The summed E-state index contributed by atoms with van der Waals surface area (Å²) in [4.78, 5) is 21.5. The third-order valence-corrected chi connectivity index (χ3v) is 2.18. The van der Waals surface area contributed by atoms with E-state index in [0.717, 1.165) is 0 Å². The third kappa shape index (κ3) is 4.02. The minimum absolute atomic E-state index is 0.0893. The van der Waals surface area contributed by atoms with Crippen LogP contribution >= 0.6 is 0 Å². The van der Waals surface area contributed by atoms with Crippen LogP contribution in [-0.2, 0) is 4.79 Å². The van der Waals surface area contributed by atoms with Gasteiger partial charge in [0.15, 0.2) is 0 Å². The lowest BCUT2D eigenvalue weighted by Gasteiger charge is -2.15. The number of carbonyl (C=O) groups is 2. The van der Waals surface area contributed by atoms with Crippen LogP contribution in [0.1, 0.15) is 18.5 Å². The van der Waals surface area contributed by atoms with Gasteiger partial charge in [-0.1, -0.05) is 18.2 Å². The number of hydrogen-bond donors (Lipinski definition) is 4. The quantitative estimate of drug-likeness (QED) is 0.624. The fourth-order valence-electron chi connectivity index (χ4n) is 1.38. The first-order chi connectivity index (χ1) is 8.00. The zero-order valence-corrected chi connectivity index (χ0v) is 9.30. The van der Waals surface area contributed by atoms with Crippen molar-refractivity contribution in [1.29, 1.82) is 0 Å². The average molecular weight is 238 g/mol. The lowest BCUT2D eigenvalue weighted by Crippen LogP contribution is -2.37. The molecule has 6 nitrogen and oxygen atoms in total. The second kappa shape index (κ2) is 5.74. The number of carbonyl (C=O) groups excluding carboxylic acids is 1. The molecule has 6 heteroatoms. The number of amides is 2. The van der Waals surface area contributed by atoms with Gasteiger partial charge in [-0.3, -0.25) is 4.79 Å². The number of rotatable bonds is 4. The Morgan fingerprint density at radius 1 is 1.35 bits per heavy atom. The van der Waals surface area contributed by atoms with E-state index < -0.39 is 12.0 Å². The summed E-state index contributed by atoms with van der Waals surface area (Å²) >= 11 is 0. The first-order valence-electron chi connectivity index (χ1n) is 5.04. The van der Waals surface area contributed by atoms with Crippen LogP contribution < -0.4 is 10.6 Å². The van der Waals surface area contributed by atoms with Gasteiger partial charge in [0.1, 0.15) is 12.3 Å². The van der Waals surface area contributed by atoms with E-state index in [-0.39, 0.29) is 18.3 Å². The summed E-state index contributed by atoms with van der Waals surface area (Å²) < 4.78 is 0. The molecular weight excluding hydrogens is 224 g/mol. The van der Waals surface area contributed by atoms with E-state index in [9.17, 15) is 14.7 Å². The fourth-order valence-corrected chi connectivity index (χ4v) is 1.38. The molecule has 17 heavy (non-hydrogen) atoms. The number of phenols is 1. The Kier molecular flexibility index (Phi) is 4.33. The molecule has 4 N–H and O–H groups in total. The number of benzene rings is 1. The molecule has 1 aromatic carbocycles. The number of phenolic OH excluding ortho intramolecular Hbond substituents is 1. The maximum Gasteiger partial charge on any atom is 0.405 e. The highest BCUT2D eigenvalue weighted by Crippen LogP contribution is 2.22. The summed E-state index contributed by atoms with van der Waals surface area (Å²) in [5, 5.41) is 22.4. The molecule has 0 fully saturated rings. The minimum Gasteiger partial charge on any atom is -0.508 e. The Bertz CT molecular complexity index is 420. The molecule has 0 bridgehead atoms. The molecule has 1 rings (SSSR count). The lowest BCUT2D eigenvalue weighted by molar-refractivity contribution is -0.120. The van der Waals surface area contributed by atoms with Crippen LogP contribution in [0.4, 0.5) is 4.79 Å². The molecule has 0 aromatic heterocycles. The van der Waals surface area contributed by atoms with E-state index in [1.54, 1.807) is 25.1 Å². The topological polar surface area (TPSA) is 98.7 Å². The Morgan fingerprint density at radius 2 is 2.00 bits per heavy atom. The minimum atomic E-state index is -1.25. The van der Waals surface area contributed by atoms with E-state index in [2.05, 4.69) is 5.32 Å². The number of carboxylic acid groups (broad SMARTS) is 1. The largest absolute Gasteiger partial charge is 0.508 e. The Balaban J connectivity index is 2.55. The molecule has 0 aliphatic rings. The Hall–Kier alpha value is -2.24. The highest BCUT2D eigenvalue weighted by atomic mass is 16.4. The summed E-state index contributed by atoms with van der Waals surface area (Å²) in [6.07, 6.45) is -1.25. The lowest BCUT2D eigenvalue weighted by atomic mass is 10.1. The van der Waals surface area contributed by atoms with Gasteiger partial charge in [0.05, 0.1) is 6.04 Å². The summed E-state index contributed by atoms with van der Waals surface area (Å²) in [6, 6.07) is 6.24. The van der Waals surface area contributed by atoms with E-state index in [4.69, 9.17) is 5.11 Å². The van der Waals surface area contributed by atoms with Crippen molar-refractivity contribution in [3.63, 3.8) is 0 Å².